The Kier molecular flexibility index (Phi) is 3.53. The quantitative estimate of drug-likeness (QED) is 0.852. The maximum absolute atomic E-state index is 5.83. The van der Waals surface area contributed by atoms with Crippen molar-refractivity contribution in [3.63, 3.8) is 0 Å². The Hall–Kier alpha value is -1.28. The van der Waals surface area contributed by atoms with E-state index in [1.807, 2.05) is 7.05 Å². The van der Waals surface area contributed by atoms with Crippen LogP contribution in [-0.4, -0.2) is 7.05 Å². The molecule has 0 amide bonds. The fraction of sp³-hybridized carbons (Fsp3) is 0.467. The lowest BCUT2D eigenvalue weighted by molar-refractivity contribution is 0.475. The Morgan fingerprint density at radius 2 is 2.00 bits per heavy atom. The first-order valence-electron chi connectivity index (χ1n) is 6.36. The maximum Gasteiger partial charge on any atom is 0.134 e. The van der Waals surface area contributed by atoms with Crippen molar-refractivity contribution in [3.8, 4) is 0 Å². The standard InChI is InChI=1S/C15H21NO/c1-5-10(2)12-6-7-14-13(8-12)9-15(17-14)11(3)16-4/h6-11,16H,5H2,1-4H3. The molecule has 17 heavy (non-hydrogen) atoms. The molecule has 0 spiro atoms. The second-order valence-electron chi connectivity index (χ2n) is 4.77. The summed E-state index contributed by atoms with van der Waals surface area (Å²) in [4.78, 5) is 0. The van der Waals surface area contributed by atoms with Gasteiger partial charge in [0.25, 0.3) is 0 Å². The highest BCUT2D eigenvalue weighted by atomic mass is 16.3. The van der Waals surface area contributed by atoms with E-state index in [9.17, 15) is 0 Å². The monoisotopic (exact) mass is 231 g/mol. The fourth-order valence-corrected chi connectivity index (χ4v) is 1.98. The summed E-state index contributed by atoms with van der Waals surface area (Å²) in [5.74, 6) is 1.61. The van der Waals surface area contributed by atoms with Gasteiger partial charge in [-0.15, -0.1) is 0 Å². The van der Waals surface area contributed by atoms with Crippen molar-refractivity contribution < 1.29 is 4.42 Å². The topological polar surface area (TPSA) is 25.2 Å². The lowest BCUT2D eigenvalue weighted by Gasteiger charge is -2.07. The minimum atomic E-state index is 0.259. The number of fused-ring (bicyclic) bond motifs is 1. The van der Waals surface area contributed by atoms with Gasteiger partial charge in [0.05, 0.1) is 6.04 Å². The minimum absolute atomic E-state index is 0.259. The van der Waals surface area contributed by atoms with Crippen LogP contribution in [0.5, 0.6) is 0 Å². The molecule has 0 aliphatic carbocycles. The summed E-state index contributed by atoms with van der Waals surface area (Å²) in [6.45, 7) is 6.59. The zero-order valence-electron chi connectivity index (χ0n) is 11.1. The van der Waals surface area contributed by atoms with Gasteiger partial charge >= 0.3 is 0 Å². The molecule has 0 aliphatic heterocycles. The molecule has 2 rings (SSSR count). The van der Waals surface area contributed by atoms with Crippen LogP contribution in [0.15, 0.2) is 28.7 Å². The summed E-state index contributed by atoms with van der Waals surface area (Å²) < 4.78 is 5.83. The molecule has 1 N–H and O–H groups in total. The molecule has 1 aromatic heterocycles. The summed E-state index contributed by atoms with van der Waals surface area (Å²) in [5, 5.41) is 4.41. The number of hydrogen-bond acceptors (Lipinski definition) is 2. The molecule has 2 aromatic rings. The van der Waals surface area contributed by atoms with E-state index in [1.54, 1.807) is 0 Å². The van der Waals surface area contributed by atoms with Crippen LogP contribution in [0, 0.1) is 0 Å². The molecular weight excluding hydrogens is 210 g/mol. The van der Waals surface area contributed by atoms with Crippen LogP contribution in [-0.2, 0) is 0 Å². The Balaban J connectivity index is 2.41. The van der Waals surface area contributed by atoms with Crippen LogP contribution in [0.3, 0.4) is 0 Å². The predicted molar refractivity (Wildman–Crippen MR) is 72.4 cm³/mol. The van der Waals surface area contributed by atoms with E-state index in [1.165, 1.54) is 17.4 Å². The largest absolute Gasteiger partial charge is 0.459 e. The summed E-state index contributed by atoms with van der Waals surface area (Å²) in [6.07, 6.45) is 1.17. The first-order chi connectivity index (χ1) is 8.15. The zero-order chi connectivity index (χ0) is 12.4. The van der Waals surface area contributed by atoms with Crippen LogP contribution in [0.25, 0.3) is 11.0 Å². The molecule has 0 saturated carbocycles. The summed E-state index contributed by atoms with van der Waals surface area (Å²) >= 11 is 0. The third kappa shape index (κ3) is 2.37. The van der Waals surface area contributed by atoms with Crippen LogP contribution in [0.4, 0.5) is 0 Å². The van der Waals surface area contributed by atoms with Gasteiger partial charge in [-0.2, -0.15) is 0 Å². The molecule has 0 radical (unpaired) electrons. The van der Waals surface area contributed by atoms with E-state index < -0.39 is 0 Å². The van der Waals surface area contributed by atoms with Crippen LogP contribution in [0.2, 0.25) is 0 Å². The molecule has 1 heterocycles. The van der Waals surface area contributed by atoms with E-state index in [2.05, 4.69) is 50.4 Å². The zero-order valence-corrected chi connectivity index (χ0v) is 11.1. The van der Waals surface area contributed by atoms with Crippen molar-refractivity contribution in [2.24, 2.45) is 0 Å². The number of benzene rings is 1. The van der Waals surface area contributed by atoms with Gasteiger partial charge in [0.15, 0.2) is 0 Å². The second kappa shape index (κ2) is 4.92. The summed E-state index contributed by atoms with van der Waals surface area (Å²) in [6, 6.07) is 8.91. The van der Waals surface area contributed by atoms with Gasteiger partial charge in [-0.1, -0.05) is 19.9 Å². The third-order valence-corrected chi connectivity index (χ3v) is 3.60. The molecule has 0 aliphatic rings. The van der Waals surface area contributed by atoms with Gasteiger partial charge < -0.3 is 9.73 Å². The smallest absolute Gasteiger partial charge is 0.134 e. The first-order valence-corrected chi connectivity index (χ1v) is 6.36. The van der Waals surface area contributed by atoms with Gasteiger partial charge in [-0.3, -0.25) is 0 Å². The average Bonchev–Trinajstić information content (AvgIpc) is 2.79. The predicted octanol–water partition coefficient (Wildman–Crippen LogP) is 4.23. The molecule has 1 aromatic carbocycles. The summed E-state index contributed by atoms with van der Waals surface area (Å²) in [7, 11) is 1.95. The van der Waals surface area contributed by atoms with Crippen molar-refractivity contribution in [1.82, 2.24) is 5.32 Å². The first kappa shape index (κ1) is 12.2. The van der Waals surface area contributed by atoms with Gasteiger partial charge in [-0.05, 0) is 50.1 Å². The Labute approximate surface area is 103 Å². The van der Waals surface area contributed by atoms with E-state index in [0.29, 0.717) is 5.92 Å². The molecule has 2 unspecified atom stereocenters. The number of hydrogen-bond donors (Lipinski definition) is 1. The molecule has 2 atom stereocenters. The van der Waals surface area contributed by atoms with Crippen LogP contribution in [0.1, 0.15) is 50.5 Å². The molecule has 0 fully saturated rings. The lowest BCUT2D eigenvalue weighted by atomic mass is 9.98. The Morgan fingerprint density at radius 1 is 1.24 bits per heavy atom. The molecule has 2 heteroatoms. The second-order valence-corrected chi connectivity index (χ2v) is 4.77. The van der Waals surface area contributed by atoms with E-state index in [-0.39, 0.29) is 6.04 Å². The average molecular weight is 231 g/mol. The fourth-order valence-electron chi connectivity index (χ4n) is 1.98. The molecule has 0 saturated heterocycles. The summed E-state index contributed by atoms with van der Waals surface area (Å²) in [5.41, 5.74) is 2.37. The van der Waals surface area contributed by atoms with Gasteiger partial charge in [0, 0.05) is 5.39 Å². The van der Waals surface area contributed by atoms with Crippen LogP contribution < -0.4 is 5.32 Å². The highest BCUT2D eigenvalue weighted by Gasteiger charge is 2.11. The number of rotatable bonds is 4. The van der Waals surface area contributed by atoms with Crippen LogP contribution >= 0.6 is 0 Å². The highest BCUT2D eigenvalue weighted by Crippen LogP contribution is 2.28. The molecular formula is C15H21NO. The highest BCUT2D eigenvalue weighted by molar-refractivity contribution is 5.79. The van der Waals surface area contributed by atoms with Crippen molar-refractivity contribution in [3.05, 3.63) is 35.6 Å². The third-order valence-electron chi connectivity index (χ3n) is 3.60. The SMILES string of the molecule is CCC(C)c1ccc2oc(C(C)NC)cc2c1. The van der Waals surface area contributed by atoms with Crippen molar-refractivity contribution >= 4 is 11.0 Å². The van der Waals surface area contributed by atoms with E-state index in [4.69, 9.17) is 4.42 Å². The van der Waals surface area contributed by atoms with Gasteiger partial charge in [-0.25, -0.2) is 0 Å². The van der Waals surface area contributed by atoms with Crippen molar-refractivity contribution in [1.29, 1.82) is 0 Å². The molecule has 0 bridgehead atoms. The minimum Gasteiger partial charge on any atom is -0.459 e. The van der Waals surface area contributed by atoms with Crippen molar-refractivity contribution in [2.45, 2.75) is 39.2 Å². The Bertz CT molecular complexity index is 493. The van der Waals surface area contributed by atoms with E-state index >= 15 is 0 Å². The normalized spacial score (nSPS) is 15.1. The number of nitrogens with one attached hydrogen (secondary N) is 1. The Morgan fingerprint density at radius 3 is 2.65 bits per heavy atom. The maximum atomic E-state index is 5.83. The van der Waals surface area contributed by atoms with Crippen molar-refractivity contribution in [2.75, 3.05) is 7.05 Å². The van der Waals surface area contributed by atoms with E-state index in [0.717, 1.165) is 11.3 Å². The van der Waals surface area contributed by atoms with Gasteiger partial charge in [0.1, 0.15) is 11.3 Å². The lowest BCUT2D eigenvalue weighted by Crippen LogP contribution is -2.10. The molecule has 92 valence electrons. The molecule has 2 nitrogen and oxygen atoms in total. The van der Waals surface area contributed by atoms with Gasteiger partial charge in [0.2, 0.25) is 0 Å². The number of furan rings is 1.